The Balaban J connectivity index is 1.54. The topological polar surface area (TPSA) is 119 Å². The van der Waals surface area contributed by atoms with Gasteiger partial charge in [-0.15, -0.1) is 0 Å². The third-order valence-electron chi connectivity index (χ3n) is 5.26. The zero-order chi connectivity index (χ0) is 19.4. The van der Waals surface area contributed by atoms with Crippen molar-refractivity contribution in [2.45, 2.75) is 18.9 Å². The van der Waals surface area contributed by atoms with Crippen molar-refractivity contribution in [2.24, 2.45) is 11.7 Å². The summed E-state index contributed by atoms with van der Waals surface area (Å²) in [4.78, 5) is 38.8. The highest BCUT2D eigenvalue weighted by atomic mass is 16.6. The number of rotatable bonds is 4. The first-order chi connectivity index (χ1) is 13.0. The van der Waals surface area contributed by atoms with Crippen LogP contribution in [0.15, 0.2) is 24.3 Å². The van der Waals surface area contributed by atoms with Crippen molar-refractivity contribution < 1.29 is 19.2 Å². The zero-order valence-corrected chi connectivity index (χ0v) is 15.1. The minimum absolute atomic E-state index is 0.0518. The Labute approximate surface area is 157 Å². The summed E-state index contributed by atoms with van der Waals surface area (Å²) in [6.07, 6.45) is 1.59. The van der Waals surface area contributed by atoms with Crippen LogP contribution >= 0.6 is 0 Å². The predicted molar refractivity (Wildman–Crippen MR) is 97.1 cm³/mol. The summed E-state index contributed by atoms with van der Waals surface area (Å²) in [5, 5.41) is 10.7. The highest BCUT2D eigenvalue weighted by molar-refractivity contribution is 5.94. The van der Waals surface area contributed by atoms with E-state index in [2.05, 4.69) is 0 Å². The summed E-state index contributed by atoms with van der Waals surface area (Å²) in [6, 6.07) is 5.03. The van der Waals surface area contributed by atoms with Gasteiger partial charge in [0.25, 0.3) is 11.6 Å². The Bertz CT molecular complexity index is 694. The Morgan fingerprint density at radius 2 is 1.63 bits per heavy atom. The van der Waals surface area contributed by atoms with E-state index in [0.717, 1.165) is 12.8 Å². The fraction of sp³-hybridized carbons (Fsp3) is 0.556. The summed E-state index contributed by atoms with van der Waals surface area (Å²) in [5.41, 5.74) is 6.51. The van der Waals surface area contributed by atoms with E-state index in [1.54, 1.807) is 9.80 Å². The largest absolute Gasteiger partial charge is 0.381 e. The van der Waals surface area contributed by atoms with E-state index in [0.29, 0.717) is 45.0 Å². The van der Waals surface area contributed by atoms with Crippen LogP contribution in [0.2, 0.25) is 0 Å². The number of hydrogen-bond donors (Lipinski definition) is 1. The first-order valence-corrected chi connectivity index (χ1v) is 9.13. The van der Waals surface area contributed by atoms with Crippen LogP contribution in [0, 0.1) is 16.0 Å². The normalized spacial score (nSPS) is 19.6. The molecule has 0 spiro atoms. The lowest BCUT2D eigenvalue weighted by Gasteiger charge is -2.37. The molecule has 2 fully saturated rings. The molecule has 1 aromatic carbocycles. The fourth-order valence-electron chi connectivity index (χ4n) is 3.53. The van der Waals surface area contributed by atoms with Crippen molar-refractivity contribution in [1.29, 1.82) is 0 Å². The van der Waals surface area contributed by atoms with Crippen LogP contribution in [0.25, 0.3) is 0 Å². The number of ether oxygens (including phenoxy) is 1. The van der Waals surface area contributed by atoms with Gasteiger partial charge in [-0.1, -0.05) is 0 Å². The molecule has 3 rings (SSSR count). The molecule has 1 aromatic rings. The molecule has 0 aromatic heterocycles. The monoisotopic (exact) mass is 376 g/mol. The molecule has 0 bridgehead atoms. The van der Waals surface area contributed by atoms with E-state index in [-0.39, 0.29) is 23.4 Å². The first kappa shape index (κ1) is 19.2. The lowest BCUT2D eigenvalue weighted by Crippen LogP contribution is -2.56. The van der Waals surface area contributed by atoms with E-state index in [1.807, 2.05) is 0 Å². The number of amides is 2. The van der Waals surface area contributed by atoms with E-state index < -0.39 is 11.0 Å². The number of nitro groups is 1. The Kier molecular flexibility index (Phi) is 6.02. The van der Waals surface area contributed by atoms with Gasteiger partial charge in [0.15, 0.2) is 0 Å². The number of non-ortho nitro benzene ring substituents is 1. The first-order valence-electron chi connectivity index (χ1n) is 9.13. The molecule has 2 heterocycles. The van der Waals surface area contributed by atoms with Gasteiger partial charge in [-0.3, -0.25) is 19.7 Å². The van der Waals surface area contributed by atoms with Crippen molar-refractivity contribution in [3.05, 3.63) is 39.9 Å². The maximum absolute atomic E-state index is 12.6. The molecular formula is C18H24N4O5. The maximum Gasteiger partial charge on any atom is 0.269 e. The van der Waals surface area contributed by atoms with Crippen LogP contribution in [-0.2, 0) is 9.53 Å². The summed E-state index contributed by atoms with van der Waals surface area (Å²) in [7, 11) is 0. The third kappa shape index (κ3) is 4.42. The fourth-order valence-corrected chi connectivity index (χ4v) is 3.53. The maximum atomic E-state index is 12.6. The van der Waals surface area contributed by atoms with Gasteiger partial charge in [-0.05, 0) is 30.9 Å². The van der Waals surface area contributed by atoms with E-state index in [1.165, 1.54) is 24.3 Å². The van der Waals surface area contributed by atoms with Gasteiger partial charge in [-0.25, -0.2) is 0 Å². The lowest BCUT2D eigenvalue weighted by atomic mass is 9.91. The summed E-state index contributed by atoms with van der Waals surface area (Å²) >= 11 is 0. The highest BCUT2D eigenvalue weighted by Crippen LogP contribution is 2.20. The van der Waals surface area contributed by atoms with Crippen molar-refractivity contribution in [3.63, 3.8) is 0 Å². The molecule has 0 saturated carbocycles. The molecule has 146 valence electrons. The molecule has 1 atom stereocenters. The molecule has 1 unspecified atom stereocenters. The number of nitro benzene ring substituents is 1. The number of benzene rings is 1. The van der Waals surface area contributed by atoms with Crippen molar-refractivity contribution in [2.75, 3.05) is 39.4 Å². The minimum atomic E-state index is -0.522. The Morgan fingerprint density at radius 1 is 1.07 bits per heavy atom. The average molecular weight is 376 g/mol. The summed E-state index contributed by atoms with van der Waals surface area (Å²) in [6.45, 7) is 3.00. The van der Waals surface area contributed by atoms with Gasteiger partial charge in [0.1, 0.15) is 0 Å². The third-order valence-corrected chi connectivity index (χ3v) is 5.26. The second-order valence-corrected chi connectivity index (χ2v) is 6.90. The van der Waals surface area contributed by atoms with Gasteiger partial charge >= 0.3 is 0 Å². The van der Waals surface area contributed by atoms with E-state index in [4.69, 9.17) is 10.5 Å². The Morgan fingerprint density at radius 3 is 2.19 bits per heavy atom. The van der Waals surface area contributed by atoms with Gasteiger partial charge in [0.05, 0.1) is 11.0 Å². The number of carbonyl (C=O) groups excluding carboxylic acids is 2. The van der Waals surface area contributed by atoms with Crippen LogP contribution in [0.1, 0.15) is 23.2 Å². The average Bonchev–Trinajstić information content (AvgIpc) is 2.73. The smallest absolute Gasteiger partial charge is 0.269 e. The van der Waals surface area contributed by atoms with Crippen LogP contribution < -0.4 is 5.73 Å². The van der Waals surface area contributed by atoms with Gasteiger partial charge in [-0.2, -0.15) is 0 Å². The number of piperazine rings is 1. The van der Waals surface area contributed by atoms with Crippen LogP contribution in [-0.4, -0.2) is 72.0 Å². The van der Waals surface area contributed by atoms with Crippen LogP contribution in [0.5, 0.6) is 0 Å². The summed E-state index contributed by atoms with van der Waals surface area (Å²) in [5.74, 6) is -0.110. The highest BCUT2D eigenvalue weighted by Gasteiger charge is 2.32. The van der Waals surface area contributed by atoms with E-state index >= 15 is 0 Å². The van der Waals surface area contributed by atoms with Crippen LogP contribution in [0.4, 0.5) is 5.69 Å². The second-order valence-electron chi connectivity index (χ2n) is 6.90. The summed E-state index contributed by atoms with van der Waals surface area (Å²) < 4.78 is 5.32. The quantitative estimate of drug-likeness (QED) is 0.608. The van der Waals surface area contributed by atoms with Crippen molar-refractivity contribution >= 4 is 17.5 Å². The standard InChI is InChI=1S/C18H24N4O5/c19-16(13-5-11-27-12-6-13)18(24)21-9-7-20(8-10-21)17(23)14-1-3-15(4-2-14)22(25)26/h1-4,13,16H,5-12,19H2. The SMILES string of the molecule is NC(C(=O)N1CCN(C(=O)c2ccc([N+](=O)[O-])cc2)CC1)C1CCOCC1. The minimum Gasteiger partial charge on any atom is -0.381 e. The number of nitrogens with two attached hydrogens (primary N) is 1. The Hall–Kier alpha value is -2.52. The zero-order valence-electron chi connectivity index (χ0n) is 15.1. The molecule has 9 heteroatoms. The molecule has 2 N–H and O–H groups in total. The number of nitrogens with zero attached hydrogens (tertiary/aromatic N) is 3. The van der Waals surface area contributed by atoms with E-state index in [9.17, 15) is 19.7 Å². The van der Waals surface area contributed by atoms with Gasteiger partial charge < -0.3 is 20.3 Å². The molecule has 9 nitrogen and oxygen atoms in total. The van der Waals surface area contributed by atoms with Crippen LogP contribution in [0.3, 0.4) is 0 Å². The molecule has 2 aliphatic heterocycles. The number of hydrogen-bond acceptors (Lipinski definition) is 6. The van der Waals surface area contributed by atoms with Crippen molar-refractivity contribution in [3.8, 4) is 0 Å². The van der Waals surface area contributed by atoms with Gasteiger partial charge in [0.2, 0.25) is 5.91 Å². The predicted octanol–water partition coefficient (Wildman–Crippen LogP) is 0.633. The second kappa shape index (κ2) is 8.45. The number of carbonyl (C=O) groups is 2. The van der Waals surface area contributed by atoms with Crippen molar-refractivity contribution in [1.82, 2.24) is 9.80 Å². The molecule has 0 aliphatic carbocycles. The lowest BCUT2D eigenvalue weighted by molar-refractivity contribution is -0.384. The molecule has 0 radical (unpaired) electrons. The van der Waals surface area contributed by atoms with Gasteiger partial charge in [0, 0.05) is 57.1 Å². The molecular weight excluding hydrogens is 352 g/mol. The molecule has 2 aliphatic rings. The molecule has 2 amide bonds. The molecule has 27 heavy (non-hydrogen) atoms. The molecule has 2 saturated heterocycles.